The van der Waals surface area contributed by atoms with Crippen molar-refractivity contribution in [3.63, 3.8) is 0 Å². The van der Waals surface area contributed by atoms with Gasteiger partial charge in [0.2, 0.25) is 0 Å². The fourth-order valence-electron chi connectivity index (χ4n) is 2.77. The van der Waals surface area contributed by atoms with Crippen LogP contribution >= 0.6 is 0 Å². The first-order valence-electron chi connectivity index (χ1n) is 8.33. The molecule has 1 saturated heterocycles. The Labute approximate surface area is 129 Å². The highest BCUT2D eigenvalue weighted by atomic mass is 16.3. The van der Waals surface area contributed by atoms with Gasteiger partial charge >= 0.3 is 6.03 Å². The highest BCUT2D eigenvalue weighted by Gasteiger charge is 2.21. The van der Waals surface area contributed by atoms with Crippen LogP contribution in [0.2, 0.25) is 0 Å². The fourth-order valence-corrected chi connectivity index (χ4v) is 2.77. The van der Waals surface area contributed by atoms with E-state index in [1.165, 1.54) is 12.8 Å². The average Bonchev–Trinajstić information content (AvgIpc) is 2.45. The molecule has 124 valence electrons. The van der Waals surface area contributed by atoms with Gasteiger partial charge in [0.25, 0.3) is 0 Å². The Morgan fingerprint density at radius 3 is 2.43 bits per heavy atom. The van der Waals surface area contributed by atoms with E-state index < -0.39 is 0 Å². The maximum Gasteiger partial charge on any atom is 0.315 e. The molecule has 0 radical (unpaired) electrons. The van der Waals surface area contributed by atoms with Crippen molar-refractivity contribution in [3.05, 3.63) is 0 Å². The van der Waals surface area contributed by atoms with Gasteiger partial charge in [0.15, 0.2) is 0 Å². The number of hydrogen-bond donors (Lipinski definition) is 3. The maximum absolute atomic E-state index is 11.9. The maximum atomic E-state index is 11.9. The molecule has 0 aromatic carbocycles. The highest BCUT2D eigenvalue weighted by molar-refractivity contribution is 5.74. The van der Waals surface area contributed by atoms with Gasteiger partial charge in [0.05, 0.1) is 0 Å². The normalized spacial score (nSPS) is 20.3. The van der Waals surface area contributed by atoms with Crippen LogP contribution in [0.4, 0.5) is 4.79 Å². The molecular weight excluding hydrogens is 266 g/mol. The number of amides is 2. The molecule has 21 heavy (non-hydrogen) atoms. The quantitative estimate of drug-likeness (QED) is 0.672. The third-order valence-electron chi connectivity index (χ3n) is 4.56. The van der Waals surface area contributed by atoms with Gasteiger partial charge in [-0.15, -0.1) is 0 Å². The summed E-state index contributed by atoms with van der Waals surface area (Å²) < 4.78 is 0. The molecule has 0 saturated carbocycles. The number of aliphatic hydroxyl groups excluding tert-OH is 1. The Bertz CT molecular complexity index is 302. The zero-order valence-corrected chi connectivity index (χ0v) is 14.1. The highest BCUT2D eigenvalue weighted by Crippen LogP contribution is 2.17. The Morgan fingerprint density at radius 2 is 1.90 bits per heavy atom. The largest absolute Gasteiger partial charge is 0.396 e. The third-order valence-corrected chi connectivity index (χ3v) is 4.56. The van der Waals surface area contributed by atoms with Crippen LogP contribution in [-0.4, -0.2) is 54.4 Å². The number of nitrogens with zero attached hydrogens (tertiary/aromatic N) is 1. The number of piperidine rings is 1. The molecule has 0 bridgehead atoms. The molecule has 3 N–H and O–H groups in total. The second-order valence-electron chi connectivity index (χ2n) is 6.78. The van der Waals surface area contributed by atoms with Crippen molar-refractivity contribution in [2.45, 2.75) is 59.0 Å². The van der Waals surface area contributed by atoms with Crippen LogP contribution in [0.25, 0.3) is 0 Å². The van der Waals surface area contributed by atoms with Crippen molar-refractivity contribution in [2.24, 2.45) is 11.8 Å². The lowest BCUT2D eigenvalue weighted by molar-refractivity contribution is 0.144. The second-order valence-corrected chi connectivity index (χ2v) is 6.78. The number of urea groups is 1. The molecule has 0 aromatic rings. The van der Waals surface area contributed by atoms with Gasteiger partial charge in [-0.2, -0.15) is 0 Å². The smallest absolute Gasteiger partial charge is 0.315 e. The molecule has 1 aliphatic rings. The van der Waals surface area contributed by atoms with E-state index in [-0.39, 0.29) is 18.7 Å². The number of carbonyl (C=O) groups excluding carboxylic acids is 1. The predicted molar refractivity (Wildman–Crippen MR) is 86.3 cm³/mol. The lowest BCUT2D eigenvalue weighted by Gasteiger charge is -2.35. The average molecular weight is 299 g/mol. The SMILES string of the molecule is CC1CCN(C(C)CNC(=O)NC(CCO)C(C)C)CC1. The van der Waals surface area contributed by atoms with Crippen LogP contribution in [-0.2, 0) is 0 Å². The summed E-state index contributed by atoms with van der Waals surface area (Å²) in [5.74, 6) is 1.15. The lowest BCUT2D eigenvalue weighted by atomic mass is 9.98. The van der Waals surface area contributed by atoms with Gasteiger partial charge in [0.1, 0.15) is 0 Å². The van der Waals surface area contributed by atoms with Gasteiger partial charge in [0, 0.05) is 25.2 Å². The van der Waals surface area contributed by atoms with Gasteiger partial charge < -0.3 is 15.7 Å². The standard InChI is InChI=1S/C16H33N3O2/c1-12(2)15(7-10-20)18-16(21)17-11-14(4)19-8-5-13(3)6-9-19/h12-15,20H,5-11H2,1-4H3,(H2,17,18,21). The van der Waals surface area contributed by atoms with E-state index in [0.717, 1.165) is 19.0 Å². The second kappa shape index (κ2) is 9.26. The van der Waals surface area contributed by atoms with Crippen LogP contribution in [0.5, 0.6) is 0 Å². The van der Waals surface area contributed by atoms with Crippen molar-refractivity contribution in [1.29, 1.82) is 0 Å². The molecular formula is C16H33N3O2. The molecule has 5 nitrogen and oxygen atoms in total. The molecule has 0 aromatic heterocycles. The molecule has 2 atom stereocenters. The van der Waals surface area contributed by atoms with Gasteiger partial charge in [-0.05, 0) is 51.1 Å². The van der Waals surface area contributed by atoms with Gasteiger partial charge in [-0.25, -0.2) is 4.79 Å². The summed E-state index contributed by atoms with van der Waals surface area (Å²) in [6.07, 6.45) is 3.11. The summed E-state index contributed by atoms with van der Waals surface area (Å²) in [4.78, 5) is 14.4. The monoisotopic (exact) mass is 299 g/mol. The minimum absolute atomic E-state index is 0.0288. The van der Waals surface area contributed by atoms with Crippen LogP contribution in [0.3, 0.4) is 0 Å². The van der Waals surface area contributed by atoms with E-state index in [1.807, 2.05) is 0 Å². The van der Waals surface area contributed by atoms with Crippen molar-refractivity contribution < 1.29 is 9.90 Å². The lowest BCUT2D eigenvalue weighted by Crippen LogP contribution is -2.50. The molecule has 1 rings (SSSR count). The number of hydrogen-bond acceptors (Lipinski definition) is 3. The van der Waals surface area contributed by atoms with E-state index in [9.17, 15) is 4.79 Å². The summed E-state index contributed by atoms with van der Waals surface area (Å²) >= 11 is 0. The first-order valence-corrected chi connectivity index (χ1v) is 8.33. The number of carbonyl (C=O) groups is 1. The molecule has 1 aliphatic heterocycles. The van der Waals surface area contributed by atoms with Crippen LogP contribution in [0, 0.1) is 11.8 Å². The van der Waals surface area contributed by atoms with E-state index in [0.29, 0.717) is 24.9 Å². The molecule has 2 unspecified atom stereocenters. The number of rotatable bonds is 7. The minimum Gasteiger partial charge on any atom is -0.396 e. The van der Waals surface area contributed by atoms with E-state index in [2.05, 4.69) is 43.2 Å². The van der Waals surface area contributed by atoms with Crippen molar-refractivity contribution in [1.82, 2.24) is 15.5 Å². The zero-order valence-electron chi connectivity index (χ0n) is 14.1. The first-order chi connectivity index (χ1) is 9.93. The molecule has 0 aliphatic carbocycles. The third kappa shape index (κ3) is 6.66. The number of nitrogens with one attached hydrogen (secondary N) is 2. The Hall–Kier alpha value is -0.810. The van der Waals surface area contributed by atoms with Crippen molar-refractivity contribution in [2.75, 3.05) is 26.2 Å². The Balaban J connectivity index is 2.28. The van der Waals surface area contributed by atoms with Crippen LogP contribution < -0.4 is 10.6 Å². The summed E-state index contributed by atoms with van der Waals surface area (Å²) in [5, 5.41) is 14.9. The minimum atomic E-state index is -0.126. The topological polar surface area (TPSA) is 64.6 Å². The van der Waals surface area contributed by atoms with Crippen molar-refractivity contribution >= 4 is 6.03 Å². The predicted octanol–water partition coefficient (Wildman–Crippen LogP) is 1.81. The molecule has 0 spiro atoms. The van der Waals surface area contributed by atoms with Crippen LogP contribution in [0.15, 0.2) is 0 Å². The Kier molecular flexibility index (Phi) is 8.04. The summed E-state index contributed by atoms with van der Waals surface area (Å²) in [5.41, 5.74) is 0. The van der Waals surface area contributed by atoms with E-state index >= 15 is 0 Å². The van der Waals surface area contributed by atoms with Crippen molar-refractivity contribution in [3.8, 4) is 0 Å². The van der Waals surface area contributed by atoms with Crippen LogP contribution in [0.1, 0.15) is 47.0 Å². The first kappa shape index (κ1) is 18.2. The van der Waals surface area contributed by atoms with Gasteiger partial charge in [-0.3, -0.25) is 4.90 Å². The fraction of sp³-hybridized carbons (Fsp3) is 0.938. The molecule has 2 amide bonds. The molecule has 1 fully saturated rings. The van der Waals surface area contributed by atoms with E-state index in [4.69, 9.17) is 5.11 Å². The summed E-state index contributed by atoms with van der Waals surface area (Å²) in [6, 6.07) is 0.277. The molecule has 5 heteroatoms. The van der Waals surface area contributed by atoms with Gasteiger partial charge in [-0.1, -0.05) is 20.8 Å². The zero-order chi connectivity index (χ0) is 15.8. The summed E-state index contributed by atoms with van der Waals surface area (Å²) in [6.45, 7) is 11.6. The Morgan fingerprint density at radius 1 is 1.29 bits per heavy atom. The number of aliphatic hydroxyl groups is 1. The summed E-state index contributed by atoms with van der Waals surface area (Å²) in [7, 11) is 0. The van der Waals surface area contributed by atoms with E-state index in [1.54, 1.807) is 0 Å². The molecule has 1 heterocycles. The number of likely N-dealkylation sites (tertiary alicyclic amines) is 1.